The van der Waals surface area contributed by atoms with Gasteiger partial charge in [-0.05, 0) is 13.3 Å². The quantitative estimate of drug-likeness (QED) is 0.877. The number of fused-ring (bicyclic) bond motifs is 1. The molecule has 90 valence electrons. The van der Waals surface area contributed by atoms with E-state index in [1.165, 1.54) is 0 Å². The predicted octanol–water partition coefficient (Wildman–Crippen LogP) is 2.47. The Bertz CT molecular complexity index is 518. The van der Waals surface area contributed by atoms with E-state index in [0.29, 0.717) is 17.4 Å². The van der Waals surface area contributed by atoms with Gasteiger partial charge in [-0.2, -0.15) is 0 Å². The zero-order valence-electron chi connectivity index (χ0n) is 9.52. The lowest BCUT2D eigenvalue weighted by atomic mass is 10.1. The van der Waals surface area contributed by atoms with Crippen LogP contribution in [0.15, 0.2) is 24.3 Å². The maximum Gasteiger partial charge on any atom is 0.159 e. The topological polar surface area (TPSA) is 58.0 Å². The average Bonchev–Trinajstić information content (AvgIpc) is 2.34. The van der Waals surface area contributed by atoms with E-state index in [0.717, 1.165) is 10.8 Å². The van der Waals surface area contributed by atoms with Crippen molar-refractivity contribution in [1.29, 1.82) is 0 Å². The molecule has 0 aliphatic heterocycles. The molecule has 0 fully saturated rings. The van der Waals surface area contributed by atoms with Crippen LogP contribution >= 0.6 is 11.6 Å². The zero-order valence-corrected chi connectivity index (χ0v) is 10.3. The fourth-order valence-corrected chi connectivity index (χ4v) is 1.88. The first-order valence-electron chi connectivity index (χ1n) is 5.50. The predicted molar refractivity (Wildman–Crippen MR) is 69.3 cm³/mol. The Morgan fingerprint density at radius 3 is 2.71 bits per heavy atom. The number of nitrogens with one attached hydrogen (secondary N) is 1. The van der Waals surface area contributed by atoms with Crippen molar-refractivity contribution in [2.45, 2.75) is 19.4 Å². The maximum absolute atomic E-state index is 8.87. The molecule has 0 spiro atoms. The molecule has 0 saturated heterocycles. The fraction of sp³-hybridized carbons (Fsp3) is 0.333. The molecular formula is C12H14ClN3O. The van der Waals surface area contributed by atoms with Crippen molar-refractivity contribution in [3.05, 3.63) is 29.4 Å². The van der Waals surface area contributed by atoms with Crippen LogP contribution in [0.3, 0.4) is 0 Å². The Labute approximate surface area is 105 Å². The van der Waals surface area contributed by atoms with Crippen LogP contribution in [0.5, 0.6) is 0 Å². The second-order valence-electron chi connectivity index (χ2n) is 3.94. The minimum Gasteiger partial charge on any atom is -0.396 e. The van der Waals surface area contributed by atoms with Crippen LogP contribution in [-0.4, -0.2) is 28.0 Å². The molecule has 0 radical (unpaired) electrons. The lowest BCUT2D eigenvalue weighted by molar-refractivity contribution is 0.282. The summed E-state index contributed by atoms with van der Waals surface area (Å²) in [5.74, 6) is 0.700. The van der Waals surface area contributed by atoms with Crippen LogP contribution in [0.1, 0.15) is 13.3 Å². The van der Waals surface area contributed by atoms with Crippen LogP contribution in [0.25, 0.3) is 10.8 Å². The minimum absolute atomic E-state index is 0.138. The van der Waals surface area contributed by atoms with Crippen LogP contribution in [-0.2, 0) is 0 Å². The molecule has 1 heterocycles. The van der Waals surface area contributed by atoms with Gasteiger partial charge in [0.25, 0.3) is 0 Å². The molecule has 1 unspecified atom stereocenters. The van der Waals surface area contributed by atoms with E-state index in [-0.39, 0.29) is 12.6 Å². The third-order valence-electron chi connectivity index (χ3n) is 2.59. The van der Waals surface area contributed by atoms with E-state index in [2.05, 4.69) is 15.5 Å². The normalized spacial score (nSPS) is 12.6. The van der Waals surface area contributed by atoms with Crippen LogP contribution in [0.2, 0.25) is 5.15 Å². The highest BCUT2D eigenvalue weighted by Gasteiger charge is 2.09. The number of benzene rings is 1. The summed E-state index contributed by atoms with van der Waals surface area (Å²) < 4.78 is 0. The highest BCUT2D eigenvalue weighted by atomic mass is 35.5. The molecular weight excluding hydrogens is 238 g/mol. The molecule has 5 heteroatoms. The second-order valence-corrected chi connectivity index (χ2v) is 4.30. The maximum atomic E-state index is 8.87. The number of aliphatic hydroxyl groups excluding tert-OH is 1. The van der Waals surface area contributed by atoms with E-state index in [9.17, 15) is 0 Å². The monoisotopic (exact) mass is 251 g/mol. The van der Waals surface area contributed by atoms with Crippen molar-refractivity contribution in [1.82, 2.24) is 10.2 Å². The largest absolute Gasteiger partial charge is 0.396 e. The Morgan fingerprint density at radius 2 is 2.00 bits per heavy atom. The second kappa shape index (κ2) is 5.29. The summed E-state index contributed by atoms with van der Waals surface area (Å²) in [5.41, 5.74) is 0. The van der Waals surface area contributed by atoms with E-state index in [4.69, 9.17) is 16.7 Å². The average molecular weight is 252 g/mol. The molecule has 0 aliphatic rings. The Hall–Kier alpha value is -1.39. The summed E-state index contributed by atoms with van der Waals surface area (Å²) in [6.45, 7) is 2.13. The zero-order chi connectivity index (χ0) is 12.3. The smallest absolute Gasteiger partial charge is 0.159 e. The number of rotatable bonds is 4. The Morgan fingerprint density at radius 1 is 1.29 bits per heavy atom. The number of anilines is 1. The van der Waals surface area contributed by atoms with Gasteiger partial charge in [0, 0.05) is 23.4 Å². The van der Waals surface area contributed by atoms with Crippen LogP contribution in [0.4, 0.5) is 5.82 Å². The van der Waals surface area contributed by atoms with Gasteiger partial charge in [0.05, 0.1) is 0 Å². The van der Waals surface area contributed by atoms with Gasteiger partial charge in [0.15, 0.2) is 11.0 Å². The van der Waals surface area contributed by atoms with Gasteiger partial charge in [0.2, 0.25) is 0 Å². The lowest BCUT2D eigenvalue weighted by Gasteiger charge is -2.14. The first-order chi connectivity index (χ1) is 8.22. The third kappa shape index (κ3) is 2.65. The van der Waals surface area contributed by atoms with Crippen molar-refractivity contribution in [2.24, 2.45) is 0 Å². The molecule has 17 heavy (non-hydrogen) atoms. The molecule has 2 rings (SSSR count). The SMILES string of the molecule is CC(CCO)Nc1nnc(Cl)c2ccccc12. The van der Waals surface area contributed by atoms with E-state index >= 15 is 0 Å². The lowest BCUT2D eigenvalue weighted by Crippen LogP contribution is -2.18. The van der Waals surface area contributed by atoms with Gasteiger partial charge in [0.1, 0.15) is 0 Å². The number of nitrogens with zero attached hydrogens (tertiary/aromatic N) is 2. The van der Waals surface area contributed by atoms with Gasteiger partial charge in [-0.25, -0.2) is 0 Å². The molecule has 4 nitrogen and oxygen atoms in total. The molecule has 2 N–H and O–H groups in total. The van der Waals surface area contributed by atoms with Crippen LogP contribution in [0, 0.1) is 0 Å². The molecule has 0 aliphatic carbocycles. The van der Waals surface area contributed by atoms with E-state index < -0.39 is 0 Å². The number of hydrogen-bond donors (Lipinski definition) is 2. The summed E-state index contributed by atoms with van der Waals surface area (Å²) in [6.07, 6.45) is 0.665. The summed E-state index contributed by atoms with van der Waals surface area (Å²) in [4.78, 5) is 0. The van der Waals surface area contributed by atoms with Gasteiger partial charge >= 0.3 is 0 Å². The Kier molecular flexibility index (Phi) is 3.76. The van der Waals surface area contributed by atoms with Crippen LogP contribution < -0.4 is 5.32 Å². The van der Waals surface area contributed by atoms with Crippen molar-refractivity contribution in [2.75, 3.05) is 11.9 Å². The molecule has 0 amide bonds. The summed E-state index contributed by atoms with van der Waals surface area (Å²) >= 11 is 5.99. The fourth-order valence-electron chi connectivity index (χ4n) is 1.68. The van der Waals surface area contributed by atoms with E-state index in [1.807, 2.05) is 31.2 Å². The van der Waals surface area contributed by atoms with Gasteiger partial charge in [-0.15, -0.1) is 10.2 Å². The van der Waals surface area contributed by atoms with Gasteiger partial charge in [-0.3, -0.25) is 0 Å². The number of halogens is 1. The highest BCUT2D eigenvalue weighted by molar-refractivity contribution is 6.34. The molecule has 1 atom stereocenters. The first-order valence-corrected chi connectivity index (χ1v) is 5.88. The minimum atomic E-state index is 0.138. The van der Waals surface area contributed by atoms with Gasteiger partial charge < -0.3 is 10.4 Å². The van der Waals surface area contributed by atoms with Crippen molar-refractivity contribution in [3.8, 4) is 0 Å². The number of aliphatic hydroxyl groups is 1. The summed E-state index contributed by atoms with van der Waals surface area (Å²) in [6, 6.07) is 7.84. The first kappa shape index (κ1) is 12.1. The highest BCUT2D eigenvalue weighted by Crippen LogP contribution is 2.25. The summed E-state index contributed by atoms with van der Waals surface area (Å²) in [7, 11) is 0. The Balaban J connectivity index is 2.38. The van der Waals surface area contributed by atoms with Crippen molar-refractivity contribution >= 4 is 28.2 Å². The number of aromatic nitrogens is 2. The third-order valence-corrected chi connectivity index (χ3v) is 2.87. The molecule has 0 saturated carbocycles. The van der Waals surface area contributed by atoms with Gasteiger partial charge in [-0.1, -0.05) is 35.9 Å². The number of hydrogen-bond acceptors (Lipinski definition) is 4. The summed E-state index contributed by atoms with van der Waals surface area (Å²) in [5, 5.41) is 22.3. The molecule has 2 aromatic rings. The van der Waals surface area contributed by atoms with Crippen molar-refractivity contribution in [3.63, 3.8) is 0 Å². The van der Waals surface area contributed by atoms with E-state index in [1.54, 1.807) is 0 Å². The standard InChI is InChI=1S/C12H14ClN3O/c1-8(6-7-17)14-12-10-5-3-2-4-9(10)11(13)15-16-12/h2-5,8,17H,6-7H2,1H3,(H,14,16). The molecule has 1 aromatic carbocycles. The molecule has 1 aromatic heterocycles. The van der Waals surface area contributed by atoms with Crippen molar-refractivity contribution < 1.29 is 5.11 Å². The molecule has 0 bridgehead atoms.